The largest absolute Gasteiger partial charge is 0.494 e. The summed E-state index contributed by atoms with van der Waals surface area (Å²) in [6.45, 7) is 4.79. The second-order valence-electron chi connectivity index (χ2n) is 4.77. The molecule has 20 heavy (non-hydrogen) atoms. The SMILES string of the molecule is CCCOc1ccc(C(O)c2cccc(Br)c2C)cc1. The zero-order chi connectivity index (χ0) is 14.5. The van der Waals surface area contributed by atoms with Crippen LogP contribution in [-0.4, -0.2) is 11.7 Å². The number of ether oxygens (including phenoxy) is 1. The fraction of sp³-hybridized carbons (Fsp3) is 0.294. The molecule has 0 aliphatic carbocycles. The summed E-state index contributed by atoms with van der Waals surface area (Å²) >= 11 is 3.50. The lowest BCUT2D eigenvalue weighted by molar-refractivity contribution is 0.219. The molecule has 2 rings (SSSR count). The van der Waals surface area contributed by atoms with Gasteiger partial charge >= 0.3 is 0 Å². The van der Waals surface area contributed by atoms with Gasteiger partial charge in [0.1, 0.15) is 11.9 Å². The standard InChI is InChI=1S/C17H19BrO2/c1-3-11-20-14-9-7-13(8-10-14)17(19)15-5-4-6-16(18)12(15)2/h4-10,17,19H,3,11H2,1-2H3. The molecule has 0 spiro atoms. The number of hydrogen-bond acceptors (Lipinski definition) is 2. The molecule has 1 unspecified atom stereocenters. The Morgan fingerprint density at radius 2 is 1.85 bits per heavy atom. The highest BCUT2D eigenvalue weighted by atomic mass is 79.9. The van der Waals surface area contributed by atoms with E-state index in [0.29, 0.717) is 6.61 Å². The smallest absolute Gasteiger partial charge is 0.119 e. The van der Waals surface area contributed by atoms with Crippen LogP contribution in [0.2, 0.25) is 0 Å². The van der Waals surface area contributed by atoms with Gasteiger partial charge < -0.3 is 9.84 Å². The number of aliphatic hydroxyl groups excluding tert-OH is 1. The quantitative estimate of drug-likeness (QED) is 0.863. The van der Waals surface area contributed by atoms with E-state index in [9.17, 15) is 5.11 Å². The van der Waals surface area contributed by atoms with Crippen molar-refractivity contribution in [3.05, 3.63) is 63.6 Å². The number of benzene rings is 2. The number of rotatable bonds is 5. The maximum atomic E-state index is 10.5. The van der Waals surface area contributed by atoms with Gasteiger partial charge in [-0.3, -0.25) is 0 Å². The molecule has 0 heterocycles. The molecule has 2 nitrogen and oxygen atoms in total. The van der Waals surface area contributed by atoms with E-state index >= 15 is 0 Å². The zero-order valence-corrected chi connectivity index (χ0v) is 13.4. The van der Waals surface area contributed by atoms with Crippen LogP contribution < -0.4 is 4.74 Å². The van der Waals surface area contributed by atoms with Crippen molar-refractivity contribution in [1.29, 1.82) is 0 Å². The highest BCUT2D eigenvalue weighted by molar-refractivity contribution is 9.10. The Morgan fingerprint density at radius 1 is 1.15 bits per heavy atom. The van der Waals surface area contributed by atoms with Gasteiger partial charge in [-0.15, -0.1) is 0 Å². The third-order valence-electron chi connectivity index (χ3n) is 3.27. The van der Waals surface area contributed by atoms with Crippen LogP contribution in [-0.2, 0) is 0 Å². The van der Waals surface area contributed by atoms with Crippen LogP contribution in [0.4, 0.5) is 0 Å². The Balaban J connectivity index is 2.20. The number of halogens is 1. The summed E-state index contributed by atoms with van der Waals surface area (Å²) in [7, 11) is 0. The highest BCUT2D eigenvalue weighted by Gasteiger charge is 2.14. The Kier molecular flexibility index (Phi) is 5.21. The molecule has 0 saturated heterocycles. The maximum Gasteiger partial charge on any atom is 0.119 e. The minimum Gasteiger partial charge on any atom is -0.494 e. The topological polar surface area (TPSA) is 29.5 Å². The summed E-state index contributed by atoms with van der Waals surface area (Å²) in [6, 6.07) is 13.5. The van der Waals surface area contributed by atoms with Crippen LogP contribution >= 0.6 is 15.9 Å². The predicted octanol–water partition coefficient (Wildman–Crippen LogP) is 4.63. The first kappa shape index (κ1) is 15.1. The first-order valence-corrected chi connectivity index (χ1v) is 7.58. The van der Waals surface area contributed by atoms with Gasteiger partial charge in [0.05, 0.1) is 6.61 Å². The van der Waals surface area contributed by atoms with Crippen molar-refractivity contribution >= 4 is 15.9 Å². The van der Waals surface area contributed by atoms with Crippen LogP contribution in [0, 0.1) is 6.92 Å². The lowest BCUT2D eigenvalue weighted by atomic mass is 9.97. The van der Waals surface area contributed by atoms with Gasteiger partial charge in [0.2, 0.25) is 0 Å². The van der Waals surface area contributed by atoms with E-state index in [1.165, 1.54) is 0 Å². The lowest BCUT2D eigenvalue weighted by Gasteiger charge is -2.15. The molecule has 0 aromatic heterocycles. The Hall–Kier alpha value is -1.32. The van der Waals surface area contributed by atoms with Gasteiger partial charge in [-0.25, -0.2) is 0 Å². The average Bonchev–Trinajstić information content (AvgIpc) is 2.48. The average molecular weight is 335 g/mol. The zero-order valence-electron chi connectivity index (χ0n) is 11.8. The summed E-state index contributed by atoms with van der Waals surface area (Å²) in [5.41, 5.74) is 2.85. The van der Waals surface area contributed by atoms with Crippen molar-refractivity contribution in [2.24, 2.45) is 0 Å². The van der Waals surface area contributed by atoms with Crippen LogP contribution in [0.15, 0.2) is 46.9 Å². The molecule has 0 aliphatic heterocycles. The molecular weight excluding hydrogens is 316 g/mol. The second kappa shape index (κ2) is 6.91. The monoisotopic (exact) mass is 334 g/mol. The molecule has 1 N–H and O–H groups in total. The van der Waals surface area contributed by atoms with Gasteiger partial charge in [0, 0.05) is 4.47 Å². The van der Waals surface area contributed by atoms with E-state index < -0.39 is 6.10 Å². The fourth-order valence-electron chi connectivity index (χ4n) is 2.07. The van der Waals surface area contributed by atoms with Crippen molar-refractivity contribution < 1.29 is 9.84 Å². The molecule has 1 atom stereocenters. The minimum atomic E-state index is -0.618. The van der Waals surface area contributed by atoms with E-state index in [-0.39, 0.29) is 0 Å². The third kappa shape index (κ3) is 3.41. The summed E-state index contributed by atoms with van der Waals surface area (Å²) in [4.78, 5) is 0. The van der Waals surface area contributed by atoms with E-state index in [1.807, 2.05) is 49.4 Å². The van der Waals surface area contributed by atoms with Crippen molar-refractivity contribution in [2.75, 3.05) is 6.61 Å². The van der Waals surface area contributed by atoms with Crippen LogP contribution in [0.5, 0.6) is 5.75 Å². The van der Waals surface area contributed by atoms with Gasteiger partial charge in [-0.05, 0) is 48.2 Å². The fourth-order valence-corrected chi connectivity index (χ4v) is 2.45. The van der Waals surface area contributed by atoms with Gasteiger partial charge in [0.25, 0.3) is 0 Å². The first-order valence-electron chi connectivity index (χ1n) is 6.79. The first-order chi connectivity index (χ1) is 9.63. The van der Waals surface area contributed by atoms with E-state index in [4.69, 9.17) is 4.74 Å². The van der Waals surface area contributed by atoms with E-state index in [0.717, 1.165) is 33.3 Å². The summed E-state index contributed by atoms with van der Waals surface area (Å²) in [5.74, 6) is 0.841. The Labute approximate surface area is 128 Å². The van der Waals surface area contributed by atoms with E-state index in [2.05, 4.69) is 22.9 Å². The summed E-state index contributed by atoms with van der Waals surface area (Å²) in [5, 5.41) is 10.5. The predicted molar refractivity (Wildman–Crippen MR) is 85.2 cm³/mol. The number of aliphatic hydroxyl groups is 1. The van der Waals surface area contributed by atoms with Crippen molar-refractivity contribution in [2.45, 2.75) is 26.4 Å². The molecule has 0 radical (unpaired) electrons. The third-order valence-corrected chi connectivity index (χ3v) is 4.13. The molecule has 0 amide bonds. The van der Waals surface area contributed by atoms with Gasteiger partial charge in [0.15, 0.2) is 0 Å². The second-order valence-corrected chi connectivity index (χ2v) is 5.63. The molecule has 0 bridgehead atoms. The Morgan fingerprint density at radius 3 is 2.50 bits per heavy atom. The molecular formula is C17H19BrO2. The molecule has 0 saturated carbocycles. The minimum absolute atomic E-state index is 0.618. The number of hydrogen-bond donors (Lipinski definition) is 1. The maximum absolute atomic E-state index is 10.5. The normalized spacial score (nSPS) is 12.2. The molecule has 2 aromatic rings. The van der Waals surface area contributed by atoms with E-state index in [1.54, 1.807) is 0 Å². The van der Waals surface area contributed by atoms with Gasteiger partial charge in [-0.1, -0.05) is 47.1 Å². The summed E-state index contributed by atoms with van der Waals surface area (Å²) in [6.07, 6.45) is 0.370. The lowest BCUT2D eigenvalue weighted by Crippen LogP contribution is -2.02. The molecule has 0 fully saturated rings. The highest BCUT2D eigenvalue weighted by Crippen LogP contribution is 2.29. The molecule has 0 aliphatic rings. The van der Waals surface area contributed by atoms with Gasteiger partial charge in [-0.2, -0.15) is 0 Å². The Bertz CT molecular complexity index is 564. The van der Waals surface area contributed by atoms with Crippen LogP contribution in [0.1, 0.15) is 36.1 Å². The van der Waals surface area contributed by atoms with Crippen LogP contribution in [0.3, 0.4) is 0 Å². The van der Waals surface area contributed by atoms with Crippen LogP contribution in [0.25, 0.3) is 0 Å². The molecule has 2 aromatic carbocycles. The summed E-state index contributed by atoms with van der Waals surface area (Å²) < 4.78 is 6.56. The molecule has 106 valence electrons. The van der Waals surface area contributed by atoms with Crippen molar-refractivity contribution in [3.63, 3.8) is 0 Å². The molecule has 3 heteroatoms. The van der Waals surface area contributed by atoms with Crippen molar-refractivity contribution in [1.82, 2.24) is 0 Å². The van der Waals surface area contributed by atoms with Crippen molar-refractivity contribution in [3.8, 4) is 5.75 Å².